The lowest BCUT2D eigenvalue weighted by atomic mass is 10.1. The van der Waals surface area contributed by atoms with Gasteiger partial charge in [-0.05, 0) is 30.2 Å². The monoisotopic (exact) mass is 268 g/mol. The molecule has 80 valence electrons. The van der Waals surface area contributed by atoms with Crippen molar-refractivity contribution in [2.75, 3.05) is 0 Å². The lowest BCUT2D eigenvalue weighted by Gasteiger charge is -2.00. The van der Waals surface area contributed by atoms with Gasteiger partial charge in [0.25, 0.3) is 0 Å². The van der Waals surface area contributed by atoms with Crippen LogP contribution >= 0.6 is 15.9 Å². The summed E-state index contributed by atoms with van der Waals surface area (Å²) in [5.74, 6) is -0.836. The predicted octanol–water partition coefficient (Wildman–Crippen LogP) is 3.72. The summed E-state index contributed by atoms with van der Waals surface area (Å²) in [6.07, 6.45) is 3.16. The summed E-state index contributed by atoms with van der Waals surface area (Å²) in [4.78, 5) is 10.9. The third-order valence-corrected chi connectivity index (χ3v) is 2.48. The van der Waals surface area contributed by atoms with Crippen LogP contribution in [0.25, 0.3) is 6.08 Å². The Morgan fingerprint density at radius 1 is 1.53 bits per heavy atom. The Morgan fingerprint density at radius 3 is 2.80 bits per heavy atom. The van der Waals surface area contributed by atoms with Crippen LogP contribution in [-0.4, -0.2) is 11.1 Å². The normalized spacial score (nSPS) is 11.5. The lowest BCUT2D eigenvalue weighted by Crippen LogP contribution is -1.99. The van der Waals surface area contributed by atoms with E-state index in [4.69, 9.17) is 5.11 Å². The average molecular weight is 269 g/mol. The molecule has 0 atom stereocenters. The lowest BCUT2D eigenvalue weighted by molar-refractivity contribution is -0.132. The second-order valence-electron chi connectivity index (χ2n) is 3.28. The highest BCUT2D eigenvalue weighted by Gasteiger charge is 2.05. The van der Waals surface area contributed by atoms with Gasteiger partial charge in [0.1, 0.15) is 0 Å². The fraction of sp³-hybridized carbons (Fsp3) is 0.250. The van der Waals surface area contributed by atoms with Crippen LogP contribution in [0.4, 0.5) is 0 Å². The molecule has 1 N–H and O–H groups in total. The number of carboxylic acid groups (broad SMARTS) is 1. The zero-order valence-electron chi connectivity index (χ0n) is 8.53. The maximum Gasteiger partial charge on any atom is 0.331 e. The average Bonchev–Trinajstić information content (AvgIpc) is 2.17. The fourth-order valence-electron chi connectivity index (χ4n) is 1.31. The first-order chi connectivity index (χ1) is 7.13. The summed E-state index contributed by atoms with van der Waals surface area (Å²) in [5, 5.41) is 8.95. The summed E-state index contributed by atoms with van der Waals surface area (Å²) >= 11 is 3.35. The van der Waals surface area contributed by atoms with Crippen molar-refractivity contribution in [2.24, 2.45) is 0 Å². The highest BCUT2D eigenvalue weighted by atomic mass is 79.9. The molecule has 0 spiro atoms. The van der Waals surface area contributed by atoms with Crippen LogP contribution in [-0.2, 0) is 4.79 Å². The molecule has 0 saturated heterocycles. The first kappa shape index (κ1) is 12.0. The van der Waals surface area contributed by atoms with Crippen LogP contribution in [0, 0.1) is 0 Å². The number of carboxylic acids is 1. The zero-order chi connectivity index (χ0) is 11.3. The minimum atomic E-state index is -0.836. The molecule has 0 aliphatic carbocycles. The molecule has 1 aromatic rings. The molecule has 15 heavy (non-hydrogen) atoms. The number of hydrogen-bond donors (Lipinski definition) is 1. The third kappa shape index (κ3) is 3.88. The second kappa shape index (κ2) is 5.71. The van der Waals surface area contributed by atoms with Gasteiger partial charge in [0.15, 0.2) is 0 Å². The number of hydrogen-bond acceptors (Lipinski definition) is 1. The first-order valence-electron chi connectivity index (χ1n) is 4.83. The number of benzene rings is 1. The smallest absolute Gasteiger partial charge is 0.331 e. The van der Waals surface area contributed by atoms with E-state index >= 15 is 0 Å². The van der Waals surface area contributed by atoms with Gasteiger partial charge >= 0.3 is 5.97 Å². The van der Waals surface area contributed by atoms with Crippen LogP contribution < -0.4 is 0 Å². The van der Waals surface area contributed by atoms with E-state index in [2.05, 4.69) is 15.9 Å². The summed E-state index contributed by atoms with van der Waals surface area (Å²) in [6.45, 7) is 1.97. The van der Waals surface area contributed by atoms with Crippen LogP contribution in [0.1, 0.15) is 25.3 Å². The molecular formula is C12H13BrO2. The first-order valence-corrected chi connectivity index (χ1v) is 5.62. The van der Waals surface area contributed by atoms with Gasteiger partial charge in [-0.3, -0.25) is 0 Å². The van der Waals surface area contributed by atoms with E-state index in [1.54, 1.807) is 6.08 Å². The second-order valence-corrected chi connectivity index (χ2v) is 4.20. The van der Waals surface area contributed by atoms with Gasteiger partial charge < -0.3 is 5.11 Å². The Kier molecular flexibility index (Phi) is 4.56. The maximum absolute atomic E-state index is 10.9. The van der Waals surface area contributed by atoms with Crippen molar-refractivity contribution >= 4 is 28.0 Å². The summed E-state index contributed by atoms with van der Waals surface area (Å²) in [6, 6.07) is 7.60. The number of carbonyl (C=O) groups is 1. The van der Waals surface area contributed by atoms with Gasteiger partial charge in [0.05, 0.1) is 0 Å². The Bertz CT molecular complexity index is 383. The molecule has 2 nitrogen and oxygen atoms in total. The van der Waals surface area contributed by atoms with Gasteiger partial charge in [0, 0.05) is 10.0 Å². The standard InChI is InChI=1S/C12H13BrO2/c1-2-4-10(12(14)15)7-9-5-3-6-11(13)8-9/h3,5-8H,2,4H2,1H3,(H,14,15)/b10-7+. The van der Waals surface area contributed by atoms with E-state index in [-0.39, 0.29) is 0 Å². The molecule has 0 saturated carbocycles. The van der Waals surface area contributed by atoms with Gasteiger partial charge in [-0.25, -0.2) is 4.79 Å². The third-order valence-electron chi connectivity index (χ3n) is 1.98. The molecule has 1 rings (SSSR count). The van der Waals surface area contributed by atoms with Crippen molar-refractivity contribution in [3.8, 4) is 0 Å². The molecular weight excluding hydrogens is 256 g/mol. The van der Waals surface area contributed by atoms with Crippen molar-refractivity contribution in [1.82, 2.24) is 0 Å². The largest absolute Gasteiger partial charge is 0.478 e. The van der Waals surface area contributed by atoms with Crippen LogP contribution in [0.15, 0.2) is 34.3 Å². The number of aliphatic carboxylic acids is 1. The van der Waals surface area contributed by atoms with Gasteiger partial charge in [-0.2, -0.15) is 0 Å². The summed E-state index contributed by atoms with van der Waals surface area (Å²) in [7, 11) is 0. The van der Waals surface area contributed by atoms with Crippen molar-refractivity contribution in [3.05, 3.63) is 39.9 Å². The van der Waals surface area contributed by atoms with Crippen molar-refractivity contribution < 1.29 is 9.90 Å². The Hall–Kier alpha value is -1.09. The Balaban J connectivity index is 2.96. The maximum atomic E-state index is 10.9. The van der Waals surface area contributed by atoms with E-state index in [1.807, 2.05) is 31.2 Å². The van der Waals surface area contributed by atoms with E-state index in [9.17, 15) is 4.79 Å². The molecule has 0 unspecified atom stereocenters. The van der Waals surface area contributed by atoms with E-state index in [0.29, 0.717) is 12.0 Å². The molecule has 0 fully saturated rings. The molecule has 3 heteroatoms. The quantitative estimate of drug-likeness (QED) is 0.846. The van der Waals surface area contributed by atoms with Gasteiger partial charge in [0.2, 0.25) is 0 Å². The topological polar surface area (TPSA) is 37.3 Å². The molecule has 1 aromatic carbocycles. The van der Waals surface area contributed by atoms with E-state index < -0.39 is 5.97 Å². The van der Waals surface area contributed by atoms with Crippen molar-refractivity contribution in [2.45, 2.75) is 19.8 Å². The predicted molar refractivity (Wildman–Crippen MR) is 64.7 cm³/mol. The summed E-state index contributed by atoms with van der Waals surface area (Å²) in [5.41, 5.74) is 1.37. The van der Waals surface area contributed by atoms with E-state index in [1.165, 1.54) is 0 Å². The molecule has 0 aromatic heterocycles. The Labute approximate surface area is 97.8 Å². The van der Waals surface area contributed by atoms with Crippen LogP contribution in [0.5, 0.6) is 0 Å². The molecule has 0 heterocycles. The number of rotatable bonds is 4. The molecule has 0 aliphatic rings. The van der Waals surface area contributed by atoms with Crippen molar-refractivity contribution in [3.63, 3.8) is 0 Å². The summed E-state index contributed by atoms with van der Waals surface area (Å²) < 4.78 is 0.956. The zero-order valence-corrected chi connectivity index (χ0v) is 10.1. The van der Waals surface area contributed by atoms with Crippen molar-refractivity contribution in [1.29, 1.82) is 0 Å². The van der Waals surface area contributed by atoms with Gasteiger partial charge in [-0.15, -0.1) is 0 Å². The van der Waals surface area contributed by atoms with Crippen LogP contribution in [0.3, 0.4) is 0 Å². The fourth-order valence-corrected chi connectivity index (χ4v) is 1.72. The van der Waals surface area contributed by atoms with Gasteiger partial charge in [-0.1, -0.05) is 41.4 Å². The molecule has 0 aliphatic heterocycles. The number of halogens is 1. The Morgan fingerprint density at radius 2 is 2.27 bits per heavy atom. The SMILES string of the molecule is CCC/C(=C\c1cccc(Br)c1)C(=O)O. The molecule has 0 radical (unpaired) electrons. The van der Waals surface area contributed by atoms with Crippen LogP contribution in [0.2, 0.25) is 0 Å². The highest BCUT2D eigenvalue weighted by Crippen LogP contribution is 2.16. The van der Waals surface area contributed by atoms with E-state index in [0.717, 1.165) is 16.5 Å². The minimum Gasteiger partial charge on any atom is -0.478 e. The minimum absolute atomic E-state index is 0.454. The molecule has 0 amide bonds. The molecule has 0 bridgehead atoms. The highest BCUT2D eigenvalue weighted by molar-refractivity contribution is 9.10.